The zero-order valence-electron chi connectivity index (χ0n) is 16.4. The van der Waals surface area contributed by atoms with E-state index in [4.69, 9.17) is 0 Å². The maximum atomic E-state index is 12.8. The van der Waals surface area contributed by atoms with Crippen LogP contribution in [0.3, 0.4) is 0 Å². The fraction of sp³-hybridized carbons (Fsp3) is 0.429. The lowest BCUT2D eigenvalue weighted by Crippen LogP contribution is -2.23. The molecule has 0 unspecified atom stereocenters. The number of halogens is 1. The van der Waals surface area contributed by atoms with Crippen molar-refractivity contribution < 1.29 is 9.18 Å². The second kappa shape index (κ2) is 10.0. The van der Waals surface area contributed by atoms with Gasteiger partial charge in [0.25, 0.3) is 0 Å². The standard InChI is InChI=1S/C13H17N3S.C8H10FNO/c1-10-4-3-5-13(14-10)17-16-8-11-6-15(2)7-12(11)9-16;9-8-4-2-1-3-7(8)5-10-6-11/h3-5H,6-9H2,1-2H3;3-4,6H,1-2,5H2,(H,10,11). The summed E-state index contributed by atoms with van der Waals surface area (Å²) in [5.74, 6) is -0.203. The monoisotopic (exact) mass is 402 g/mol. The normalized spacial score (nSPS) is 19.5. The third-order valence-corrected chi connectivity index (χ3v) is 5.74. The first-order valence-electron chi connectivity index (χ1n) is 9.52. The summed E-state index contributed by atoms with van der Waals surface area (Å²) >= 11 is 1.79. The highest BCUT2D eigenvalue weighted by molar-refractivity contribution is 7.97. The van der Waals surface area contributed by atoms with Gasteiger partial charge in [-0.25, -0.2) is 13.7 Å². The topological polar surface area (TPSA) is 48.5 Å². The van der Waals surface area contributed by atoms with E-state index in [9.17, 15) is 9.18 Å². The molecule has 28 heavy (non-hydrogen) atoms. The number of allylic oxidation sites excluding steroid dienone is 2. The van der Waals surface area contributed by atoms with Gasteiger partial charge in [-0.1, -0.05) is 12.1 Å². The number of carbonyl (C=O) groups is 1. The van der Waals surface area contributed by atoms with Gasteiger partial charge in [0.15, 0.2) is 0 Å². The minimum absolute atomic E-state index is 0.203. The fourth-order valence-electron chi connectivity index (χ4n) is 3.51. The molecule has 0 bridgehead atoms. The highest BCUT2D eigenvalue weighted by atomic mass is 32.2. The molecule has 1 aromatic rings. The predicted molar refractivity (Wildman–Crippen MR) is 112 cm³/mol. The van der Waals surface area contributed by atoms with Crippen LogP contribution in [0.4, 0.5) is 4.39 Å². The third-order valence-electron chi connectivity index (χ3n) is 4.80. The molecule has 5 nitrogen and oxygen atoms in total. The van der Waals surface area contributed by atoms with Crippen LogP contribution in [0.2, 0.25) is 0 Å². The Morgan fingerprint density at radius 3 is 2.54 bits per heavy atom. The minimum atomic E-state index is -0.203. The van der Waals surface area contributed by atoms with Gasteiger partial charge in [-0.3, -0.25) is 9.69 Å². The van der Waals surface area contributed by atoms with Crippen LogP contribution in [-0.4, -0.2) is 60.4 Å². The van der Waals surface area contributed by atoms with Crippen molar-refractivity contribution in [3.05, 3.63) is 58.6 Å². The zero-order chi connectivity index (χ0) is 19.9. The molecule has 0 spiro atoms. The summed E-state index contributed by atoms with van der Waals surface area (Å²) < 4.78 is 15.2. The van der Waals surface area contributed by atoms with Gasteiger partial charge < -0.3 is 5.32 Å². The third kappa shape index (κ3) is 5.77. The van der Waals surface area contributed by atoms with Crippen molar-refractivity contribution in [2.75, 3.05) is 39.8 Å². The molecular formula is C21H27FN4OS. The number of nitrogens with one attached hydrogen (secondary N) is 1. The summed E-state index contributed by atoms with van der Waals surface area (Å²) in [7, 11) is 2.19. The second-order valence-corrected chi connectivity index (χ2v) is 8.36. The van der Waals surface area contributed by atoms with Gasteiger partial charge in [0, 0.05) is 44.0 Å². The summed E-state index contributed by atoms with van der Waals surface area (Å²) in [5.41, 5.74) is 4.91. The number of amides is 1. The number of hydrogen-bond acceptors (Lipinski definition) is 5. The molecule has 1 aliphatic carbocycles. The van der Waals surface area contributed by atoms with Gasteiger partial charge in [-0.05, 0) is 68.1 Å². The van der Waals surface area contributed by atoms with Crippen molar-refractivity contribution in [3.63, 3.8) is 0 Å². The fourth-order valence-corrected chi connectivity index (χ4v) is 4.54. The van der Waals surface area contributed by atoms with E-state index in [0.29, 0.717) is 18.5 Å². The molecule has 7 heteroatoms. The molecule has 0 fully saturated rings. The number of carbonyl (C=O) groups excluding carboxylic acids is 1. The van der Waals surface area contributed by atoms with Crippen LogP contribution in [0.25, 0.3) is 0 Å². The first-order chi connectivity index (χ1) is 13.5. The number of aromatic nitrogens is 1. The molecule has 1 amide bonds. The molecule has 0 saturated carbocycles. The van der Waals surface area contributed by atoms with Crippen LogP contribution in [0.15, 0.2) is 57.9 Å². The molecule has 150 valence electrons. The lowest BCUT2D eigenvalue weighted by atomic mass is 10.1. The van der Waals surface area contributed by atoms with E-state index in [2.05, 4.69) is 38.7 Å². The van der Waals surface area contributed by atoms with E-state index in [1.165, 1.54) is 0 Å². The smallest absolute Gasteiger partial charge is 0.207 e. The molecule has 0 atom stereocenters. The average molecular weight is 403 g/mol. The van der Waals surface area contributed by atoms with Crippen molar-refractivity contribution in [1.82, 2.24) is 19.5 Å². The van der Waals surface area contributed by atoms with Crippen molar-refractivity contribution >= 4 is 18.4 Å². The van der Waals surface area contributed by atoms with Crippen molar-refractivity contribution in [1.29, 1.82) is 0 Å². The summed E-state index contributed by atoms with van der Waals surface area (Å²) in [5, 5.41) is 3.53. The maximum Gasteiger partial charge on any atom is 0.207 e. The van der Waals surface area contributed by atoms with E-state index >= 15 is 0 Å². The molecule has 3 heterocycles. The Morgan fingerprint density at radius 2 is 1.89 bits per heavy atom. The molecule has 0 saturated heterocycles. The SMILES string of the molecule is Cc1cccc(SN2CC3=C(CN(C)C3)C2)n1.O=CNCC1=CCCC=C1F. The van der Waals surface area contributed by atoms with Gasteiger partial charge in [0.2, 0.25) is 6.41 Å². The Hall–Kier alpha value is -1.96. The number of likely N-dealkylation sites (N-methyl/N-ethyl adjacent to an activating group) is 1. The predicted octanol–water partition coefficient (Wildman–Crippen LogP) is 3.26. The Balaban J connectivity index is 0.000000178. The summed E-state index contributed by atoms with van der Waals surface area (Å²) in [6.45, 7) is 6.83. The van der Waals surface area contributed by atoms with Crippen LogP contribution in [0.5, 0.6) is 0 Å². The molecular weight excluding hydrogens is 375 g/mol. The molecule has 3 aliphatic rings. The number of pyridine rings is 1. The number of rotatable bonds is 5. The lowest BCUT2D eigenvalue weighted by Gasteiger charge is -2.18. The molecule has 1 aromatic heterocycles. The number of hydrogen-bond donors (Lipinski definition) is 1. The summed E-state index contributed by atoms with van der Waals surface area (Å²) in [4.78, 5) is 16.8. The van der Waals surface area contributed by atoms with Crippen molar-refractivity contribution in [3.8, 4) is 0 Å². The van der Waals surface area contributed by atoms with Crippen LogP contribution in [0, 0.1) is 6.92 Å². The number of nitrogens with zero attached hydrogens (tertiary/aromatic N) is 3. The Bertz CT molecular complexity index is 787. The highest BCUT2D eigenvalue weighted by Crippen LogP contribution is 2.31. The molecule has 1 N–H and O–H groups in total. The van der Waals surface area contributed by atoms with Crippen LogP contribution >= 0.6 is 11.9 Å². The number of aryl methyl sites for hydroxylation is 1. The second-order valence-electron chi connectivity index (χ2n) is 7.24. The molecule has 0 aromatic carbocycles. The minimum Gasteiger partial charge on any atom is -0.355 e. The molecule has 0 radical (unpaired) electrons. The largest absolute Gasteiger partial charge is 0.355 e. The quantitative estimate of drug-likeness (QED) is 0.465. The molecule has 2 aliphatic heterocycles. The van der Waals surface area contributed by atoms with Gasteiger partial charge in [-0.2, -0.15) is 0 Å². The zero-order valence-corrected chi connectivity index (χ0v) is 17.3. The van der Waals surface area contributed by atoms with Gasteiger partial charge in [0.05, 0.1) is 0 Å². The first kappa shape index (κ1) is 20.8. The Morgan fingerprint density at radius 1 is 1.18 bits per heavy atom. The van der Waals surface area contributed by atoms with Crippen LogP contribution < -0.4 is 5.32 Å². The Kier molecular flexibility index (Phi) is 7.42. The van der Waals surface area contributed by atoms with E-state index in [1.54, 1.807) is 29.2 Å². The van der Waals surface area contributed by atoms with E-state index < -0.39 is 0 Å². The van der Waals surface area contributed by atoms with E-state index in [-0.39, 0.29) is 5.83 Å². The summed E-state index contributed by atoms with van der Waals surface area (Å²) in [6.07, 6.45) is 5.55. The van der Waals surface area contributed by atoms with Gasteiger partial charge in [0.1, 0.15) is 10.9 Å². The summed E-state index contributed by atoms with van der Waals surface area (Å²) in [6, 6.07) is 6.21. The van der Waals surface area contributed by atoms with Crippen LogP contribution in [-0.2, 0) is 4.79 Å². The molecule has 4 rings (SSSR count). The van der Waals surface area contributed by atoms with Crippen LogP contribution in [0.1, 0.15) is 18.5 Å². The van der Waals surface area contributed by atoms with Gasteiger partial charge >= 0.3 is 0 Å². The van der Waals surface area contributed by atoms with E-state index in [0.717, 1.165) is 49.7 Å². The maximum absolute atomic E-state index is 12.8. The Labute approximate surface area is 170 Å². The van der Waals surface area contributed by atoms with Crippen molar-refractivity contribution in [2.24, 2.45) is 0 Å². The first-order valence-corrected chi connectivity index (χ1v) is 10.3. The van der Waals surface area contributed by atoms with Crippen molar-refractivity contribution in [2.45, 2.75) is 24.8 Å². The lowest BCUT2D eigenvalue weighted by molar-refractivity contribution is -0.109. The average Bonchev–Trinajstić information content (AvgIpc) is 3.18. The van der Waals surface area contributed by atoms with Gasteiger partial charge in [-0.15, -0.1) is 0 Å². The highest BCUT2D eigenvalue weighted by Gasteiger charge is 2.28. The van der Waals surface area contributed by atoms with E-state index in [1.807, 2.05) is 19.1 Å².